The molecular weight excluding hydrogens is 433 g/mol. The highest BCUT2D eigenvalue weighted by molar-refractivity contribution is 6.35. The van der Waals surface area contributed by atoms with Crippen molar-refractivity contribution in [3.05, 3.63) is 71.6 Å². The smallest absolute Gasteiger partial charge is 0.445 e. The number of carbonyl (C=O) groups is 1. The Kier molecular flexibility index (Phi) is 8.10. The van der Waals surface area contributed by atoms with Crippen LogP contribution in [0.25, 0.3) is 5.57 Å². The van der Waals surface area contributed by atoms with Gasteiger partial charge in [0.15, 0.2) is 0 Å². The van der Waals surface area contributed by atoms with Gasteiger partial charge >= 0.3 is 13.4 Å². The first kappa shape index (κ1) is 25.4. The SMILES string of the molecule is CC1(C)OB(O)OC1(C)C.N#Cc1cccnc1C1=CCN(C(=O)OCc2ccccc2)CC1. The van der Waals surface area contributed by atoms with Crippen LogP contribution in [0.15, 0.2) is 54.7 Å². The number of carbonyl (C=O) groups excluding carboxylic acids is 1. The van der Waals surface area contributed by atoms with Gasteiger partial charge in [0.25, 0.3) is 0 Å². The normalized spacial score (nSPS) is 18.3. The zero-order valence-electron chi connectivity index (χ0n) is 20.0. The van der Waals surface area contributed by atoms with Gasteiger partial charge in [0.05, 0.1) is 22.5 Å². The lowest BCUT2D eigenvalue weighted by Crippen LogP contribution is -2.41. The molecule has 1 amide bonds. The number of nitrogens with zero attached hydrogens (tertiary/aromatic N) is 3. The third kappa shape index (κ3) is 6.23. The third-order valence-electron chi connectivity index (χ3n) is 6.15. The minimum atomic E-state index is -1.06. The highest BCUT2D eigenvalue weighted by Gasteiger charge is 2.51. The quantitative estimate of drug-likeness (QED) is 0.688. The lowest BCUT2D eigenvalue weighted by Gasteiger charge is -2.31. The van der Waals surface area contributed by atoms with E-state index in [9.17, 15) is 4.79 Å². The number of rotatable bonds is 3. The highest BCUT2D eigenvalue weighted by atomic mass is 16.7. The number of hydrogen-bond donors (Lipinski definition) is 1. The van der Waals surface area contributed by atoms with Gasteiger partial charge in [-0.2, -0.15) is 5.26 Å². The molecule has 34 heavy (non-hydrogen) atoms. The van der Waals surface area contributed by atoms with Gasteiger partial charge < -0.3 is 24.0 Å². The summed E-state index contributed by atoms with van der Waals surface area (Å²) in [6, 6.07) is 15.3. The molecule has 0 aliphatic carbocycles. The summed E-state index contributed by atoms with van der Waals surface area (Å²) in [6.45, 7) is 8.86. The summed E-state index contributed by atoms with van der Waals surface area (Å²) < 4.78 is 15.5. The van der Waals surface area contributed by atoms with Crippen LogP contribution in [0.5, 0.6) is 0 Å². The topological polar surface area (TPSA) is 105 Å². The van der Waals surface area contributed by atoms with Gasteiger partial charge in [-0.3, -0.25) is 4.98 Å². The van der Waals surface area contributed by atoms with E-state index < -0.39 is 18.5 Å². The number of hydrogen-bond acceptors (Lipinski definition) is 7. The van der Waals surface area contributed by atoms with E-state index in [-0.39, 0.29) is 12.7 Å². The zero-order chi connectivity index (χ0) is 24.8. The van der Waals surface area contributed by atoms with Crippen molar-refractivity contribution in [3.63, 3.8) is 0 Å². The van der Waals surface area contributed by atoms with Crippen molar-refractivity contribution < 1.29 is 23.9 Å². The molecule has 178 valence electrons. The molecule has 1 aromatic carbocycles. The Labute approximate surface area is 200 Å². The first-order chi connectivity index (χ1) is 16.1. The van der Waals surface area contributed by atoms with Crippen LogP contribution in [-0.4, -0.2) is 52.6 Å². The molecule has 4 rings (SSSR count). The van der Waals surface area contributed by atoms with Crippen molar-refractivity contribution in [2.45, 2.75) is 51.9 Å². The van der Waals surface area contributed by atoms with Crippen LogP contribution >= 0.6 is 0 Å². The van der Waals surface area contributed by atoms with E-state index in [2.05, 4.69) is 11.1 Å². The lowest BCUT2D eigenvalue weighted by molar-refractivity contribution is 0.00578. The van der Waals surface area contributed by atoms with Crippen molar-refractivity contribution in [2.24, 2.45) is 0 Å². The Hall–Kier alpha value is -3.19. The van der Waals surface area contributed by atoms with Crippen LogP contribution in [0.3, 0.4) is 0 Å². The van der Waals surface area contributed by atoms with E-state index in [0.717, 1.165) is 11.1 Å². The molecule has 2 aliphatic heterocycles. The minimum absolute atomic E-state index is 0.269. The highest BCUT2D eigenvalue weighted by Crippen LogP contribution is 2.35. The summed E-state index contributed by atoms with van der Waals surface area (Å²) >= 11 is 0. The summed E-state index contributed by atoms with van der Waals surface area (Å²) in [6.07, 6.45) is 3.95. The summed E-state index contributed by atoms with van der Waals surface area (Å²) in [5, 5.41) is 18.1. The fourth-order valence-corrected chi connectivity index (χ4v) is 3.42. The van der Waals surface area contributed by atoms with E-state index in [4.69, 9.17) is 24.3 Å². The van der Waals surface area contributed by atoms with Gasteiger partial charge in [-0.25, -0.2) is 4.79 Å². The molecule has 0 bridgehead atoms. The van der Waals surface area contributed by atoms with E-state index >= 15 is 0 Å². The molecule has 1 saturated heterocycles. The zero-order valence-corrected chi connectivity index (χ0v) is 20.0. The van der Waals surface area contributed by atoms with Crippen molar-refractivity contribution in [3.8, 4) is 6.07 Å². The average molecular weight is 463 g/mol. The number of nitriles is 1. The molecule has 0 atom stereocenters. The van der Waals surface area contributed by atoms with Gasteiger partial charge in [-0.05, 0) is 57.4 Å². The van der Waals surface area contributed by atoms with Crippen LogP contribution in [-0.2, 0) is 20.7 Å². The number of benzene rings is 1. The Morgan fingerprint density at radius 2 is 1.85 bits per heavy atom. The van der Waals surface area contributed by atoms with Crippen LogP contribution in [0.4, 0.5) is 4.79 Å². The van der Waals surface area contributed by atoms with Crippen LogP contribution < -0.4 is 0 Å². The van der Waals surface area contributed by atoms with Gasteiger partial charge in [-0.15, -0.1) is 0 Å². The van der Waals surface area contributed by atoms with Crippen LogP contribution in [0.1, 0.15) is 50.9 Å². The second kappa shape index (κ2) is 10.8. The van der Waals surface area contributed by atoms with Crippen molar-refractivity contribution in [1.82, 2.24) is 9.88 Å². The Bertz CT molecular complexity index is 1050. The number of pyridine rings is 1. The van der Waals surface area contributed by atoms with Gasteiger partial charge in [0, 0.05) is 19.3 Å². The molecule has 8 nitrogen and oxygen atoms in total. The molecule has 0 unspecified atom stereocenters. The molecule has 2 aliphatic rings. The Balaban J connectivity index is 0.000000271. The molecule has 1 aromatic heterocycles. The monoisotopic (exact) mass is 463 g/mol. The van der Waals surface area contributed by atoms with E-state index in [1.807, 2.05) is 64.1 Å². The maximum Gasteiger partial charge on any atom is 0.637 e. The summed E-state index contributed by atoms with van der Waals surface area (Å²) in [4.78, 5) is 18.1. The van der Waals surface area contributed by atoms with Crippen molar-refractivity contribution in [2.75, 3.05) is 13.1 Å². The maximum atomic E-state index is 12.1. The number of aromatic nitrogens is 1. The van der Waals surface area contributed by atoms with Gasteiger partial charge in [-0.1, -0.05) is 36.4 Å². The predicted molar refractivity (Wildman–Crippen MR) is 128 cm³/mol. The standard InChI is InChI=1S/C19H17N3O2.C6H13BO3/c20-13-17-7-4-10-21-18(17)16-8-11-22(12-9-16)19(23)24-14-15-5-2-1-3-6-15;1-5(2)6(3,4)10-7(8)9-5/h1-8,10H,9,11-12,14H2;8H,1-4H3. The number of amides is 1. The molecule has 1 N–H and O–H groups in total. The molecule has 3 heterocycles. The molecular formula is C25H30BN3O5. The Morgan fingerprint density at radius 3 is 2.38 bits per heavy atom. The van der Waals surface area contributed by atoms with Gasteiger partial charge in [0.2, 0.25) is 0 Å². The minimum Gasteiger partial charge on any atom is -0.445 e. The predicted octanol–water partition coefficient (Wildman–Crippen LogP) is 3.95. The van der Waals surface area contributed by atoms with Crippen LogP contribution in [0, 0.1) is 11.3 Å². The van der Waals surface area contributed by atoms with Gasteiger partial charge in [0.1, 0.15) is 12.7 Å². The molecule has 0 radical (unpaired) electrons. The first-order valence-corrected chi connectivity index (χ1v) is 11.2. The van der Waals surface area contributed by atoms with E-state index in [1.165, 1.54) is 0 Å². The first-order valence-electron chi connectivity index (χ1n) is 11.2. The van der Waals surface area contributed by atoms with Crippen LogP contribution in [0.2, 0.25) is 0 Å². The lowest BCUT2D eigenvalue weighted by atomic mass is 9.90. The van der Waals surface area contributed by atoms with Crippen molar-refractivity contribution in [1.29, 1.82) is 5.26 Å². The van der Waals surface area contributed by atoms with E-state index in [1.54, 1.807) is 23.2 Å². The fourth-order valence-electron chi connectivity index (χ4n) is 3.42. The number of ether oxygens (including phenoxy) is 1. The fraction of sp³-hybridized carbons (Fsp3) is 0.400. The third-order valence-corrected chi connectivity index (χ3v) is 6.15. The van der Waals surface area contributed by atoms with E-state index in [0.29, 0.717) is 30.8 Å². The molecule has 2 aromatic rings. The Morgan fingerprint density at radius 1 is 1.18 bits per heavy atom. The molecule has 0 saturated carbocycles. The summed E-state index contributed by atoms with van der Waals surface area (Å²) in [5.41, 5.74) is 2.41. The average Bonchev–Trinajstić information content (AvgIpc) is 3.02. The maximum absolute atomic E-state index is 12.1. The molecule has 1 fully saturated rings. The molecule has 9 heteroatoms. The second-order valence-electron chi connectivity index (χ2n) is 9.04. The summed E-state index contributed by atoms with van der Waals surface area (Å²) in [7, 11) is -1.06. The summed E-state index contributed by atoms with van der Waals surface area (Å²) in [5.74, 6) is 0. The second-order valence-corrected chi connectivity index (χ2v) is 9.04. The van der Waals surface area contributed by atoms with Crippen molar-refractivity contribution >= 4 is 19.0 Å². The largest absolute Gasteiger partial charge is 0.637 e. The molecule has 0 spiro atoms.